The van der Waals surface area contributed by atoms with Crippen LogP contribution in [0, 0.1) is 0 Å². The van der Waals surface area contributed by atoms with E-state index in [-0.39, 0.29) is 0 Å². The zero-order valence-electron chi connectivity index (χ0n) is 13.0. The lowest BCUT2D eigenvalue weighted by atomic mass is 10.1. The van der Waals surface area contributed by atoms with Gasteiger partial charge in [0.05, 0.1) is 11.4 Å². The molecule has 1 atom stereocenters. The highest BCUT2D eigenvalue weighted by Crippen LogP contribution is 2.21. The van der Waals surface area contributed by atoms with Gasteiger partial charge in [0.2, 0.25) is 0 Å². The normalized spacial score (nSPS) is 12.5. The largest absolute Gasteiger partial charge is 0.309 e. The summed E-state index contributed by atoms with van der Waals surface area (Å²) in [5, 5.41) is 6.69. The molecule has 0 radical (unpaired) electrons. The average Bonchev–Trinajstić information content (AvgIpc) is 2.99. The van der Waals surface area contributed by atoms with Crippen molar-refractivity contribution in [3.05, 3.63) is 35.5 Å². The van der Waals surface area contributed by atoms with Crippen LogP contribution in [0.5, 0.6) is 0 Å². The van der Waals surface area contributed by atoms with Crippen LogP contribution in [0.15, 0.2) is 29.8 Å². The van der Waals surface area contributed by atoms with Crippen LogP contribution >= 0.6 is 11.3 Å². The van der Waals surface area contributed by atoms with E-state index in [1.165, 1.54) is 32.1 Å². The number of unbranched alkanes of at least 4 members (excludes halogenated alkanes) is 3. The monoisotopic (exact) mass is 303 g/mol. The van der Waals surface area contributed by atoms with E-state index in [0.717, 1.165) is 22.9 Å². The van der Waals surface area contributed by atoms with Crippen molar-refractivity contribution in [2.45, 2.75) is 58.5 Å². The molecule has 2 rings (SSSR count). The van der Waals surface area contributed by atoms with Gasteiger partial charge < -0.3 is 5.32 Å². The molecule has 2 aromatic rings. The van der Waals surface area contributed by atoms with Gasteiger partial charge in [-0.3, -0.25) is 4.98 Å². The molecule has 0 aliphatic carbocycles. The van der Waals surface area contributed by atoms with Gasteiger partial charge >= 0.3 is 0 Å². The Labute approximate surface area is 131 Å². The van der Waals surface area contributed by atoms with Crippen molar-refractivity contribution in [1.29, 1.82) is 0 Å². The summed E-state index contributed by atoms with van der Waals surface area (Å²) in [6, 6.07) is 6.49. The van der Waals surface area contributed by atoms with Crippen molar-refractivity contribution in [1.82, 2.24) is 15.3 Å². The van der Waals surface area contributed by atoms with Gasteiger partial charge in [-0.1, -0.05) is 38.7 Å². The lowest BCUT2D eigenvalue weighted by molar-refractivity contribution is 0.480. The summed E-state index contributed by atoms with van der Waals surface area (Å²) in [7, 11) is 0. The van der Waals surface area contributed by atoms with Gasteiger partial charge in [0, 0.05) is 24.2 Å². The summed E-state index contributed by atoms with van der Waals surface area (Å²) < 4.78 is 0. The zero-order chi connectivity index (χ0) is 14.9. The first-order chi connectivity index (χ1) is 10.3. The molecule has 0 amide bonds. The minimum absolute atomic E-state index is 0.557. The van der Waals surface area contributed by atoms with E-state index in [4.69, 9.17) is 0 Å². The number of nitrogens with zero attached hydrogens (tertiary/aromatic N) is 2. The Morgan fingerprint density at radius 3 is 2.90 bits per heavy atom. The maximum absolute atomic E-state index is 4.66. The Balaban J connectivity index is 1.75. The SMILES string of the molecule is CCCCCCC(C)NCc1csc(-c2ccccn2)n1. The second kappa shape index (κ2) is 8.90. The van der Waals surface area contributed by atoms with Crippen molar-refractivity contribution in [3.8, 4) is 10.7 Å². The lowest BCUT2D eigenvalue weighted by Gasteiger charge is -2.12. The Kier molecular flexibility index (Phi) is 6.83. The van der Waals surface area contributed by atoms with Crippen LogP contribution in [0.25, 0.3) is 10.7 Å². The highest BCUT2D eigenvalue weighted by Gasteiger charge is 2.07. The Hall–Kier alpha value is -1.26. The Bertz CT molecular complexity index is 510. The number of aromatic nitrogens is 2. The molecule has 4 heteroatoms. The Morgan fingerprint density at radius 2 is 2.14 bits per heavy atom. The van der Waals surface area contributed by atoms with Crippen molar-refractivity contribution >= 4 is 11.3 Å². The van der Waals surface area contributed by atoms with Gasteiger partial charge in [-0.05, 0) is 25.5 Å². The number of thiazole rings is 1. The quantitative estimate of drug-likeness (QED) is 0.685. The van der Waals surface area contributed by atoms with E-state index >= 15 is 0 Å². The molecule has 1 N–H and O–H groups in total. The van der Waals surface area contributed by atoms with E-state index < -0.39 is 0 Å². The van der Waals surface area contributed by atoms with Gasteiger partial charge in [-0.25, -0.2) is 4.98 Å². The summed E-state index contributed by atoms with van der Waals surface area (Å²) in [6.07, 6.45) is 8.38. The van der Waals surface area contributed by atoms with Crippen LogP contribution in [0.3, 0.4) is 0 Å². The Morgan fingerprint density at radius 1 is 1.24 bits per heavy atom. The van der Waals surface area contributed by atoms with Crippen molar-refractivity contribution in [2.24, 2.45) is 0 Å². The van der Waals surface area contributed by atoms with E-state index in [9.17, 15) is 0 Å². The molecule has 21 heavy (non-hydrogen) atoms. The number of rotatable bonds is 9. The molecule has 0 saturated heterocycles. The first-order valence-corrected chi connectivity index (χ1v) is 8.76. The first kappa shape index (κ1) is 16.1. The summed E-state index contributed by atoms with van der Waals surface area (Å²) in [4.78, 5) is 9.00. The minimum Gasteiger partial charge on any atom is -0.309 e. The summed E-state index contributed by atoms with van der Waals surface area (Å²) in [5.74, 6) is 0. The average molecular weight is 303 g/mol. The van der Waals surface area contributed by atoms with Gasteiger partial charge in [-0.15, -0.1) is 11.3 Å². The van der Waals surface area contributed by atoms with E-state index in [1.54, 1.807) is 11.3 Å². The molecule has 2 heterocycles. The molecule has 0 spiro atoms. The van der Waals surface area contributed by atoms with E-state index in [0.29, 0.717) is 6.04 Å². The lowest BCUT2D eigenvalue weighted by Crippen LogP contribution is -2.25. The molecule has 0 fully saturated rings. The molecule has 0 aromatic carbocycles. The molecule has 1 unspecified atom stereocenters. The molecule has 2 aromatic heterocycles. The van der Waals surface area contributed by atoms with E-state index in [2.05, 4.69) is 34.5 Å². The third kappa shape index (κ3) is 5.56. The van der Waals surface area contributed by atoms with Crippen LogP contribution < -0.4 is 5.32 Å². The summed E-state index contributed by atoms with van der Waals surface area (Å²) >= 11 is 1.67. The smallest absolute Gasteiger partial charge is 0.142 e. The fourth-order valence-corrected chi connectivity index (χ4v) is 3.05. The van der Waals surface area contributed by atoms with Crippen LogP contribution in [0.2, 0.25) is 0 Å². The maximum Gasteiger partial charge on any atom is 0.142 e. The third-order valence-corrected chi connectivity index (χ3v) is 4.47. The molecular formula is C17H25N3S. The highest BCUT2D eigenvalue weighted by atomic mass is 32.1. The van der Waals surface area contributed by atoms with Crippen LogP contribution in [-0.2, 0) is 6.54 Å². The third-order valence-electron chi connectivity index (χ3n) is 3.56. The fraction of sp³-hybridized carbons (Fsp3) is 0.529. The predicted octanol–water partition coefficient (Wildman–Crippen LogP) is 4.65. The molecule has 0 saturated carbocycles. The van der Waals surface area contributed by atoms with Crippen molar-refractivity contribution in [3.63, 3.8) is 0 Å². The van der Waals surface area contributed by atoms with Crippen LogP contribution in [0.4, 0.5) is 0 Å². The molecule has 3 nitrogen and oxygen atoms in total. The van der Waals surface area contributed by atoms with Crippen molar-refractivity contribution in [2.75, 3.05) is 0 Å². The maximum atomic E-state index is 4.66. The minimum atomic E-state index is 0.557. The van der Waals surface area contributed by atoms with Crippen LogP contribution in [0.1, 0.15) is 51.6 Å². The molecular weight excluding hydrogens is 278 g/mol. The van der Waals surface area contributed by atoms with Gasteiger partial charge in [-0.2, -0.15) is 0 Å². The number of pyridine rings is 1. The second-order valence-corrected chi connectivity index (χ2v) is 6.35. The fourth-order valence-electron chi connectivity index (χ4n) is 2.25. The first-order valence-electron chi connectivity index (χ1n) is 7.88. The summed E-state index contributed by atoms with van der Waals surface area (Å²) in [6.45, 7) is 5.36. The number of hydrogen-bond acceptors (Lipinski definition) is 4. The molecule has 0 aliphatic rings. The zero-order valence-corrected chi connectivity index (χ0v) is 13.8. The number of hydrogen-bond donors (Lipinski definition) is 1. The van der Waals surface area contributed by atoms with Crippen LogP contribution in [-0.4, -0.2) is 16.0 Å². The summed E-state index contributed by atoms with van der Waals surface area (Å²) in [5.41, 5.74) is 2.07. The predicted molar refractivity (Wildman–Crippen MR) is 90.4 cm³/mol. The number of nitrogens with one attached hydrogen (secondary N) is 1. The standard InChI is InChI=1S/C17H25N3S/c1-3-4-5-6-9-14(2)19-12-15-13-21-17(20-15)16-10-7-8-11-18-16/h7-8,10-11,13-14,19H,3-6,9,12H2,1-2H3. The molecule has 0 aliphatic heterocycles. The molecule has 0 bridgehead atoms. The van der Waals surface area contributed by atoms with E-state index in [1.807, 2.05) is 24.4 Å². The second-order valence-electron chi connectivity index (χ2n) is 5.49. The highest BCUT2D eigenvalue weighted by molar-refractivity contribution is 7.13. The van der Waals surface area contributed by atoms with Gasteiger partial charge in [0.25, 0.3) is 0 Å². The topological polar surface area (TPSA) is 37.8 Å². The van der Waals surface area contributed by atoms with Gasteiger partial charge in [0.1, 0.15) is 5.01 Å². The molecule has 114 valence electrons. The van der Waals surface area contributed by atoms with Gasteiger partial charge in [0.15, 0.2) is 0 Å². The van der Waals surface area contributed by atoms with Crippen molar-refractivity contribution < 1.29 is 0 Å².